The minimum Gasteiger partial charge on any atom is -0.394 e. The highest BCUT2D eigenvalue weighted by molar-refractivity contribution is 6.30. The SMILES string of the molecule is Cc1cnc(NC(CO)CO)nc1-c1c[nH]c(OC(=O)NC(CO)c2cccc(Cl)c2)c1. The van der Waals surface area contributed by atoms with E-state index >= 15 is 0 Å². The molecule has 3 aromatic rings. The summed E-state index contributed by atoms with van der Waals surface area (Å²) in [6.07, 6.45) is 2.47. The van der Waals surface area contributed by atoms with Gasteiger partial charge in [0, 0.05) is 29.0 Å². The molecule has 10 nitrogen and oxygen atoms in total. The van der Waals surface area contributed by atoms with Crippen LogP contribution in [0.4, 0.5) is 10.7 Å². The average molecular weight is 462 g/mol. The van der Waals surface area contributed by atoms with Gasteiger partial charge in [-0.2, -0.15) is 0 Å². The van der Waals surface area contributed by atoms with Gasteiger partial charge in [0.15, 0.2) is 0 Å². The summed E-state index contributed by atoms with van der Waals surface area (Å²) in [5.74, 6) is 0.420. The second-order valence-corrected chi connectivity index (χ2v) is 7.44. The van der Waals surface area contributed by atoms with Gasteiger partial charge in [-0.1, -0.05) is 23.7 Å². The second kappa shape index (κ2) is 10.9. The fourth-order valence-electron chi connectivity index (χ4n) is 2.93. The van der Waals surface area contributed by atoms with Crippen LogP contribution in [0.1, 0.15) is 17.2 Å². The molecule has 2 heterocycles. The maximum atomic E-state index is 12.3. The van der Waals surface area contributed by atoms with Crippen molar-refractivity contribution in [3.63, 3.8) is 0 Å². The van der Waals surface area contributed by atoms with E-state index in [0.29, 0.717) is 21.8 Å². The number of nitrogens with zero attached hydrogens (tertiary/aromatic N) is 2. The number of aromatic amines is 1. The molecular formula is C21H24ClN5O5. The van der Waals surface area contributed by atoms with Crippen molar-refractivity contribution in [1.29, 1.82) is 0 Å². The molecule has 11 heteroatoms. The molecule has 0 aliphatic rings. The van der Waals surface area contributed by atoms with Gasteiger partial charge < -0.3 is 35.7 Å². The largest absolute Gasteiger partial charge is 0.414 e. The number of aliphatic hydroxyl groups excluding tert-OH is 3. The predicted octanol–water partition coefficient (Wildman–Crippen LogP) is 2.02. The Hall–Kier alpha value is -3.18. The molecule has 1 atom stereocenters. The van der Waals surface area contributed by atoms with Crippen molar-refractivity contribution >= 4 is 23.6 Å². The summed E-state index contributed by atoms with van der Waals surface area (Å²) in [5.41, 5.74) is 2.64. The first kappa shape index (κ1) is 23.5. The van der Waals surface area contributed by atoms with Gasteiger partial charge in [-0.3, -0.25) is 0 Å². The lowest BCUT2D eigenvalue weighted by atomic mass is 10.1. The van der Waals surface area contributed by atoms with Gasteiger partial charge in [0.25, 0.3) is 0 Å². The average Bonchev–Trinajstić information content (AvgIpc) is 3.24. The Bertz CT molecular complexity index is 1060. The second-order valence-electron chi connectivity index (χ2n) is 7.01. The number of hydrogen-bond acceptors (Lipinski definition) is 8. The third-order valence-electron chi connectivity index (χ3n) is 4.60. The van der Waals surface area contributed by atoms with Crippen LogP contribution < -0.4 is 15.4 Å². The van der Waals surface area contributed by atoms with Gasteiger partial charge in [0.1, 0.15) is 0 Å². The number of aliphatic hydroxyl groups is 3. The summed E-state index contributed by atoms with van der Waals surface area (Å²) >= 11 is 5.97. The predicted molar refractivity (Wildman–Crippen MR) is 119 cm³/mol. The summed E-state index contributed by atoms with van der Waals surface area (Å²) in [6, 6.07) is 7.14. The number of H-pyrrole nitrogens is 1. The van der Waals surface area contributed by atoms with Crippen LogP contribution in [0, 0.1) is 6.92 Å². The maximum Gasteiger partial charge on any atom is 0.414 e. The number of rotatable bonds is 9. The van der Waals surface area contributed by atoms with E-state index in [1.54, 1.807) is 42.7 Å². The van der Waals surface area contributed by atoms with Gasteiger partial charge in [-0.05, 0) is 30.2 Å². The standard InChI is InChI=1S/C21H24ClN5O5/c1-12-7-24-20(25-16(9-28)10-29)27-19(12)14-6-18(23-8-14)32-21(31)26-17(11-30)13-3-2-4-15(22)5-13/h2-8,16-17,23,28-30H,9-11H2,1H3,(H,26,31)(H,24,25,27). The molecule has 170 valence electrons. The van der Waals surface area contributed by atoms with Crippen LogP contribution in [0.15, 0.2) is 42.7 Å². The number of carbonyl (C=O) groups is 1. The number of benzene rings is 1. The molecule has 3 rings (SSSR count). The molecule has 0 bridgehead atoms. The molecular weight excluding hydrogens is 438 g/mol. The van der Waals surface area contributed by atoms with Crippen LogP contribution in [-0.4, -0.2) is 62.2 Å². The first-order valence-electron chi connectivity index (χ1n) is 9.78. The van der Waals surface area contributed by atoms with Crippen molar-refractivity contribution < 1.29 is 24.9 Å². The summed E-state index contributed by atoms with van der Waals surface area (Å²) in [7, 11) is 0. The van der Waals surface area contributed by atoms with E-state index in [-0.39, 0.29) is 31.6 Å². The van der Waals surface area contributed by atoms with Crippen LogP contribution in [0.2, 0.25) is 5.02 Å². The van der Waals surface area contributed by atoms with Crippen molar-refractivity contribution in [1.82, 2.24) is 20.3 Å². The molecule has 1 aromatic carbocycles. The molecule has 0 saturated heterocycles. The highest BCUT2D eigenvalue weighted by atomic mass is 35.5. The molecule has 1 unspecified atom stereocenters. The fraction of sp³-hybridized carbons (Fsp3) is 0.286. The Morgan fingerprint density at radius 3 is 2.69 bits per heavy atom. The van der Waals surface area contributed by atoms with Gasteiger partial charge in [0.2, 0.25) is 11.8 Å². The zero-order valence-corrected chi connectivity index (χ0v) is 18.0. The molecule has 0 aliphatic heterocycles. The monoisotopic (exact) mass is 461 g/mol. The highest BCUT2D eigenvalue weighted by Crippen LogP contribution is 2.26. The Morgan fingerprint density at radius 2 is 2.00 bits per heavy atom. The number of halogens is 1. The number of carbonyl (C=O) groups excluding carboxylic acids is 1. The van der Waals surface area contributed by atoms with E-state index in [1.807, 2.05) is 6.92 Å². The number of amides is 1. The molecule has 0 aliphatic carbocycles. The molecule has 0 spiro atoms. The van der Waals surface area contributed by atoms with Gasteiger partial charge in [-0.15, -0.1) is 0 Å². The highest BCUT2D eigenvalue weighted by Gasteiger charge is 2.17. The Morgan fingerprint density at radius 1 is 1.22 bits per heavy atom. The van der Waals surface area contributed by atoms with E-state index in [4.69, 9.17) is 16.3 Å². The topological polar surface area (TPSA) is 153 Å². The summed E-state index contributed by atoms with van der Waals surface area (Å²) < 4.78 is 5.30. The number of hydrogen-bond donors (Lipinski definition) is 6. The zero-order valence-electron chi connectivity index (χ0n) is 17.2. The van der Waals surface area contributed by atoms with Crippen molar-refractivity contribution in [2.24, 2.45) is 0 Å². The first-order chi connectivity index (χ1) is 15.4. The van der Waals surface area contributed by atoms with Gasteiger partial charge in [-0.25, -0.2) is 14.8 Å². The van der Waals surface area contributed by atoms with Gasteiger partial charge >= 0.3 is 6.09 Å². The smallest absolute Gasteiger partial charge is 0.394 e. The minimum atomic E-state index is -0.757. The van der Waals surface area contributed by atoms with Gasteiger partial charge in [0.05, 0.1) is 37.6 Å². The van der Waals surface area contributed by atoms with Crippen molar-refractivity contribution in [2.75, 3.05) is 25.1 Å². The molecule has 0 fully saturated rings. The molecule has 32 heavy (non-hydrogen) atoms. The van der Waals surface area contributed by atoms with Crippen LogP contribution >= 0.6 is 11.6 Å². The first-order valence-corrected chi connectivity index (χ1v) is 10.2. The van der Waals surface area contributed by atoms with Crippen LogP contribution in [0.3, 0.4) is 0 Å². The molecule has 2 aromatic heterocycles. The normalized spacial score (nSPS) is 11.9. The van der Waals surface area contributed by atoms with E-state index in [9.17, 15) is 20.1 Å². The fourth-order valence-corrected chi connectivity index (χ4v) is 3.13. The number of ether oxygens (including phenoxy) is 1. The summed E-state index contributed by atoms with van der Waals surface area (Å²) in [6.45, 7) is 0.949. The lowest BCUT2D eigenvalue weighted by Gasteiger charge is -2.16. The summed E-state index contributed by atoms with van der Waals surface area (Å²) in [5, 5.41) is 34.0. The third kappa shape index (κ3) is 5.95. The molecule has 6 N–H and O–H groups in total. The van der Waals surface area contributed by atoms with E-state index in [1.165, 1.54) is 0 Å². The third-order valence-corrected chi connectivity index (χ3v) is 4.84. The summed E-state index contributed by atoms with van der Waals surface area (Å²) in [4.78, 5) is 23.7. The van der Waals surface area contributed by atoms with Crippen molar-refractivity contribution in [2.45, 2.75) is 19.0 Å². The van der Waals surface area contributed by atoms with Crippen LogP contribution in [-0.2, 0) is 0 Å². The lowest BCUT2D eigenvalue weighted by molar-refractivity contribution is 0.182. The Labute approximate surface area is 189 Å². The quantitative estimate of drug-likeness (QED) is 0.283. The number of nitrogens with one attached hydrogen (secondary N) is 3. The number of aryl methyl sites for hydroxylation is 1. The lowest BCUT2D eigenvalue weighted by Crippen LogP contribution is -2.33. The molecule has 1 amide bonds. The molecule has 0 radical (unpaired) electrons. The minimum absolute atomic E-state index is 0.177. The zero-order chi connectivity index (χ0) is 23.1. The Kier molecular flexibility index (Phi) is 8.01. The van der Waals surface area contributed by atoms with E-state index < -0.39 is 18.2 Å². The molecule has 0 saturated carbocycles. The van der Waals surface area contributed by atoms with E-state index in [2.05, 4.69) is 25.6 Å². The Balaban J connectivity index is 1.69. The number of anilines is 1. The van der Waals surface area contributed by atoms with E-state index in [0.717, 1.165) is 5.56 Å². The maximum absolute atomic E-state index is 12.3. The van der Waals surface area contributed by atoms with Crippen LogP contribution in [0.25, 0.3) is 11.3 Å². The van der Waals surface area contributed by atoms with Crippen LogP contribution in [0.5, 0.6) is 5.88 Å². The van der Waals surface area contributed by atoms with Crippen molar-refractivity contribution in [3.8, 4) is 17.1 Å². The number of aromatic nitrogens is 3. The van der Waals surface area contributed by atoms with Crippen molar-refractivity contribution in [3.05, 3.63) is 58.9 Å².